The second-order valence-corrected chi connectivity index (χ2v) is 22.1. The molecular formula is C55H88N6O17. The normalized spacial score (nSPS) is 27.5. The van der Waals surface area contributed by atoms with Crippen molar-refractivity contribution in [2.75, 3.05) is 82.6 Å². The van der Waals surface area contributed by atoms with Crippen molar-refractivity contribution in [3.63, 3.8) is 0 Å². The number of hydrogen-bond donors (Lipinski definition) is 6. The zero-order chi connectivity index (χ0) is 56.1. The van der Waals surface area contributed by atoms with Gasteiger partial charge in [0.2, 0.25) is 17.8 Å². The maximum Gasteiger partial charge on any atom is 0.303 e. The lowest BCUT2D eigenvalue weighted by Crippen LogP contribution is -2.60. The van der Waals surface area contributed by atoms with Crippen molar-refractivity contribution in [1.29, 1.82) is 0 Å². The van der Waals surface area contributed by atoms with Gasteiger partial charge in [-0.2, -0.15) is 15.0 Å². The van der Waals surface area contributed by atoms with Gasteiger partial charge in [-0.05, 0) is 64.2 Å². The van der Waals surface area contributed by atoms with Crippen LogP contribution in [0.1, 0.15) is 161 Å². The first-order valence-corrected chi connectivity index (χ1v) is 28.8. The molecule has 6 heterocycles. The van der Waals surface area contributed by atoms with E-state index in [1.165, 1.54) is 0 Å². The predicted octanol–water partition coefficient (Wildman–Crippen LogP) is 3.42. The number of aryl methyl sites for hydroxylation is 1. The molecule has 1 amide bonds. The molecule has 0 spiro atoms. The van der Waals surface area contributed by atoms with Gasteiger partial charge >= 0.3 is 5.97 Å². The number of carbonyl (C=O) groups is 6. The topological polar surface area (TPSA) is 316 Å². The van der Waals surface area contributed by atoms with E-state index in [0.29, 0.717) is 173 Å². The van der Waals surface area contributed by atoms with Gasteiger partial charge in [0.25, 0.3) is 0 Å². The van der Waals surface area contributed by atoms with Crippen LogP contribution in [0, 0.1) is 11.8 Å². The third kappa shape index (κ3) is 19.0. The standard InChI is InChI=1S/C55H88N6O17/c1-37-46(69)48(71)54(35-75-50(37)77-54)33-73-31-11-9-19-39(62)15-5-3-7-17-41(64)21-13-22-43-57-52(59-53(58-43)61-29-27-60(28-30-61)44(66)23-14-24-45(67)68)56-26-25-42(65)18-8-4-6-16-40(63)20-10-12-32-74-34-55-36-76-51(78-55)38(2)47(70)49(55)72/h37-38,46-51,69-72H,3-36H2,1-2H3,(H,67,68)(H,56,57,58,59)/t37-,38-,46-,47-,48?,49?,50+,51+,54+,55+/m1/s1. The molecule has 10 atom stereocenters. The van der Waals surface area contributed by atoms with Gasteiger partial charge in [-0.3, -0.25) is 28.8 Å². The number of aliphatic hydroxyl groups excluding tert-OH is 4. The van der Waals surface area contributed by atoms with E-state index < -0.39 is 54.2 Å². The zero-order valence-electron chi connectivity index (χ0n) is 46.0. The Labute approximate surface area is 458 Å². The number of amides is 1. The van der Waals surface area contributed by atoms with E-state index in [0.717, 1.165) is 12.8 Å². The number of ether oxygens (including phenoxy) is 6. The fourth-order valence-corrected chi connectivity index (χ4v) is 10.6. The van der Waals surface area contributed by atoms with Crippen molar-refractivity contribution in [3.8, 4) is 0 Å². The fraction of sp³-hybridized carbons (Fsp3) is 0.836. The van der Waals surface area contributed by atoms with Crippen LogP contribution in [0.25, 0.3) is 0 Å². The quantitative estimate of drug-likeness (QED) is 0.0515. The molecule has 5 saturated heterocycles. The second-order valence-electron chi connectivity index (χ2n) is 22.1. The van der Waals surface area contributed by atoms with E-state index in [1.54, 1.807) is 18.7 Å². The summed E-state index contributed by atoms with van der Waals surface area (Å²) in [5.74, 6) is 0.0846. The number of carboxylic acids is 1. The van der Waals surface area contributed by atoms with Gasteiger partial charge < -0.3 is 69.1 Å². The average molecular weight is 1110 g/mol. The van der Waals surface area contributed by atoms with Crippen LogP contribution in [0.2, 0.25) is 0 Å². The number of nitrogens with zero attached hydrogens (tertiary/aromatic N) is 5. The number of hydrogen-bond acceptors (Lipinski definition) is 21. The number of aliphatic hydroxyl groups is 4. The summed E-state index contributed by atoms with van der Waals surface area (Å²) in [6, 6.07) is 0. The minimum atomic E-state index is -1.10. The van der Waals surface area contributed by atoms with E-state index in [9.17, 15) is 49.2 Å². The summed E-state index contributed by atoms with van der Waals surface area (Å²) in [6.45, 7) is 6.92. The molecule has 4 bridgehead atoms. The Morgan fingerprint density at radius 3 is 1.51 bits per heavy atom. The van der Waals surface area contributed by atoms with Crippen LogP contribution in [-0.4, -0.2) is 201 Å². The number of piperazine rings is 1. The largest absolute Gasteiger partial charge is 0.481 e. The van der Waals surface area contributed by atoms with Gasteiger partial charge in [-0.1, -0.05) is 26.7 Å². The number of fused-ring (bicyclic) bond motifs is 4. The molecule has 0 aromatic carbocycles. The molecule has 2 unspecified atom stereocenters. The Balaban J connectivity index is 0.827. The first-order valence-electron chi connectivity index (χ1n) is 28.8. The fourth-order valence-electron chi connectivity index (χ4n) is 10.6. The van der Waals surface area contributed by atoms with Gasteiger partial charge in [0.1, 0.15) is 52.4 Å². The molecule has 5 aliphatic rings. The molecule has 1 aromatic heterocycles. The van der Waals surface area contributed by atoms with Crippen LogP contribution in [0.4, 0.5) is 11.9 Å². The predicted molar refractivity (Wildman–Crippen MR) is 281 cm³/mol. The summed E-state index contributed by atoms with van der Waals surface area (Å²) < 4.78 is 34.4. The molecule has 1 aromatic rings. The molecule has 6 N–H and O–H groups in total. The Kier molecular flexibility index (Phi) is 25.6. The number of nitrogens with one attached hydrogen (secondary N) is 1. The summed E-state index contributed by atoms with van der Waals surface area (Å²) in [6.07, 6.45) is 6.30. The maximum absolute atomic E-state index is 12.9. The Bertz CT molecular complexity index is 1980. The Morgan fingerprint density at radius 2 is 1.03 bits per heavy atom. The van der Waals surface area contributed by atoms with E-state index in [2.05, 4.69) is 15.3 Å². The lowest BCUT2D eigenvalue weighted by Gasteiger charge is -2.41. The van der Waals surface area contributed by atoms with Crippen molar-refractivity contribution in [1.82, 2.24) is 19.9 Å². The van der Waals surface area contributed by atoms with Crippen LogP contribution in [0.5, 0.6) is 0 Å². The van der Waals surface area contributed by atoms with Gasteiger partial charge in [-0.25, -0.2) is 0 Å². The van der Waals surface area contributed by atoms with Gasteiger partial charge in [0.05, 0.1) is 38.6 Å². The summed E-state index contributed by atoms with van der Waals surface area (Å²) >= 11 is 0. The van der Waals surface area contributed by atoms with Crippen LogP contribution in [-0.2, 0) is 63.6 Å². The number of aromatic nitrogens is 3. The Morgan fingerprint density at radius 1 is 0.564 bits per heavy atom. The average Bonchev–Trinajstić information content (AvgIpc) is 4.13. The molecule has 5 fully saturated rings. The van der Waals surface area contributed by atoms with E-state index >= 15 is 0 Å². The zero-order valence-corrected chi connectivity index (χ0v) is 46.0. The van der Waals surface area contributed by atoms with Crippen LogP contribution < -0.4 is 10.2 Å². The van der Waals surface area contributed by atoms with E-state index in [1.807, 2.05) is 4.90 Å². The smallest absolute Gasteiger partial charge is 0.303 e. The minimum absolute atomic E-state index is 0.0645. The maximum atomic E-state index is 12.9. The van der Waals surface area contributed by atoms with Crippen molar-refractivity contribution in [2.45, 2.75) is 210 Å². The summed E-state index contributed by atoms with van der Waals surface area (Å²) in [4.78, 5) is 92.1. The number of ketones is 4. The minimum Gasteiger partial charge on any atom is -0.481 e. The van der Waals surface area contributed by atoms with Gasteiger partial charge in [0, 0.05) is 128 Å². The number of rotatable bonds is 39. The summed E-state index contributed by atoms with van der Waals surface area (Å²) in [5.41, 5.74) is -2.15. The number of aliphatic carboxylic acids is 1. The SMILES string of the molecule is C[C@H]1[C@H]2OC[C@](COCCCCC(=O)CCCCCC(=O)CCCc3nc(NCCC(=O)CCCCCC(=O)CCCCOC[C@@]45CO[C@@H](O4)[C@H](C)[C@@H](O)C5O)nc(N4CCN(C(=O)CCCC(=O)O)CC4)n3)(O2)C(O)[C@@H]1O. The Hall–Kier alpha value is -4.17. The van der Waals surface area contributed by atoms with Crippen molar-refractivity contribution in [2.24, 2.45) is 11.8 Å². The molecule has 5 aliphatic heterocycles. The number of unbranched alkanes of at least 4 members (excludes halogenated alkanes) is 6. The van der Waals surface area contributed by atoms with Crippen LogP contribution in [0.3, 0.4) is 0 Å². The molecule has 6 rings (SSSR count). The highest BCUT2D eigenvalue weighted by Gasteiger charge is 2.59. The number of carboxylic acid groups (broad SMARTS) is 1. The van der Waals surface area contributed by atoms with Gasteiger partial charge in [0.15, 0.2) is 12.6 Å². The monoisotopic (exact) mass is 1100 g/mol. The number of Topliss-reactive ketones (excluding diaryl/α,β-unsaturated/α-hetero) is 4. The lowest BCUT2D eigenvalue weighted by molar-refractivity contribution is -0.248. The second kappa shape index (κ2) is 31.7. The summed E-state index contributed by atoms with van der Waals surface area (Å²) in [7, 11) is 0. The molecular weight excluding hydrogens is 1020 g/mol. The molecule has 78 heavy (non-hydrogen) atoms. The van der Waals surface area contributed by atoms with E-state index in [4.69, 9.17) is 38.5 Å². The first-order chi connectivity index (χ1) is 37.5. The molecule has 0 saturated carbocycles. The molecule has 440 valence electrons. The van der Waals surface area contributed by atoms with Crippen molar-refractivity contribution in [3.05, 3.63) is 5.82 Å². The molecule has 23 heteroatoms. The highest BCUT2D eigenvalue weighted by Crippen LogP contribution is 2.41. The number of carbonyl (C=O) groups excluding carboxylic acids is 5. The van der Waals surface area contributed by atoms with Crippen molar-refractivity contribution < 1.29 is 82.7 Å². The first kappa shape index (κ1) is 63.0. The van der Waals surface area contributed by atoms with E-state index in [-0.39, 0.29) is 93.0 Å². The highest BCUT2D eigenvalue weighted by molar-refractivity contribution is 5.80. The summed E-state index contributed by atoms with van der Waals surface area (Å²) in [5, 5.41) is 53.9. The molecule has 23 nitrogen and oxygen atoms in total. The molecule has 0 aliphatic carbocycles. The van der Waals surface area contributed by atoms with Gasteiger partial charge in [-0.15, -0.1) is 0 Å². The number of anilines is 2. The van der Waals surface area contributed by atoms with Crippen LogP contribution >= 0.6 is 0 Å². The van der Waals surface area contributed by atoms with Crippen LogP contribution in [0.15, 0.2) is 0 Å². The third-order valence-corrected chi connectivity index (χ3v) is 15.8. The van der Waals surface area contributed by atoms with Crippen molar-refractivity contribution >= 4 is 46.9 Å². The highest BCUT2D eigenvalue weighted by atomic mass is 16.8. The molecule has 0 radical (unpaired) electrons. The third-order valence-electron chi connectivity index (χ3n) is 15.8. The lowest BCUT2D eigenvalue weighted by atomic mass is 9.86.